The minimum atomic E-state index is -0.429. The van der Waals surface area contributed by atoms with Crippen molar-refractivity contribution in [2.24, 2.45) is 29.6 Å². The summed E-state index contributed by atoms with van der Waals surface area (Å²) in [4.78, 5) is 49.7. The summed E-state index contributed by atoms with van der Waals surface area (Å²) in [6.07, 6.45) is 10.3. The first-order valence-corrected chi connectivity index (χ1v) is 15.4. The van der Waals surface area contributed by atoms with Crippen LogP contribution in [-0.4, -0.2) is 58.4 Å². The van der Waals surface area contributed by atoms with Gasteiger partial charge in [-0.05, 0) is 80.9 Å². The number of nitrogens with one attached hydrogen (secondary N) is 1. The van der Waals surface area contributed by atoms with E-state index >= 15 is 0 Å². The fourth-order valence-corrected chi connectivity index (χ4v) is 7.58. The van der Waals surface area contributed by atoms with Gasteiger partial charge in [-0.3, -0.25) is 19.0 Å². The SMILES string of the molecule is CCOC(=O)c1cc2nc(CC(=O)[C@@H]3[C@H](C4CCCCC4)CCN3C(=O)C3CCC([C@H](C)CF)CC3)ccc2[nH]1. The van der Waals surface area contributed by atoms with E-state index < -0.39 is 12.0 Å². The molecule has 3 heterocycles. The van der Waals surface area contributed by atoms with Crippen LogP contribution in [0.2, 0.25) is 0 Å². The summed E-state index contributed by atoms with van der Waals surface area (Å²) >= 11 is 0. The molecule has 1 saturated heterocycles. The van der Waals surface area contributed by atoms with Crippen molar-refractivity contribution in [3.8, 4) is 0 Å². The molecule has 7 nitrogen and oxygen atoms in total. The highest BCUT2D eigenvalue weighted by Crippen LogP contribution is 2.42. The monoisotopic (exact) mass is 553 g/mol. The molecule has 0 bridgehead atoms. The summed E-state index contributed by atoms with van der Waals surface area (Å²) in [6.45, 7) is 4.36. The van der Waals surface area contributed by atoms with Gasteiger partial charge in [-0.25, -0.2) is 4.79 Å². The number of carbonyl (C=O) groups excluding carboxylic acids is 3. The van der Waals surface area contributed by atoms with Crippen molar-refractivity contribution >= 4 is 28.7 Å². The number of halogens is 1. The molecule has 2 aliphatic carbocycles. The molecule has 1 amide bonds. The van der Waals surface area contributed by atoms with Gasteiger partial charge in [0.15, 0.2) is 5.78 Å². The van der Waals surface area contributed by atoms with Crippen LogP contribution in [0.4, 0.5) is 4.39 Å². The van der Waals surface area contributed by atoms with Gasteiger partial charge in [0, 0.05) is 18.2 Å². The van der Waals surface area contributed by atoms with Crippen LogP contribution >= 0.6 is 0 Å². The Hall–Kier alpha value is -2.77. The van der Waals surface area contributed by atoms with E-state index in [1.54, 1.807) is 13.0 Å². The molecule has 0 unspecified atom stereocenters. The number of ketones is 1. The molecule has 0 radical (unpaired) electrons. The second kappa shape index (κ2) is 12.8. The zero-order valence-corrected chi connectivity index (χ0v) is 24.0. The first-order valence-electron chi connectivity index (χ1n) is 15.4. The number of rotatable bonds is 9. The number of H-pyrrole nitrogens is 1. The lowest BCUT2D eigenvalue weighted by Crippen LogP contribution is -2.48. The minimum absolute atomic E-state index is 0.0473. The maximum atomic E-state index is 14.0. The number of alkyl halides is 1. The number of carbonyl (C=O) groups is 3. The van der Waals surface area contributed by atoms with Crippen LogP contribution in [0.5, 0.6) is 0 Å². The number of esters is 1. The Morgan fingerprint density at radius 1 is 1.07 bits per heavy atom. The number of hydrogen-bond donors (Lipinski definition) is 1. The first kappa shape index (κ1) is 28.7. The zero-order chi connectivity index (χ0) is 28.2. The fourth-order valence-electron chi connectivity index (χ4n) is 7.58. The molecule has 1 aliphatic heterocycles. The Labute approximate surface area is 236 Å². The van der Waals surface area contributed by atoms with Crippen molar-refractivity contribution in [2.45, 2.75) is 90.5 Å². The molecule has 1 N–H and O–H groups in total. The third-order valence-corrected chi connectivity index (χ3v) is 9.87. The number of fused-ring (bicyclic) bond motifs is 1. The van der Waals surface area contributed by atoms with E-state index in [2.05, 4.69) is 9.97 Å². The number of pyridine rings is 1. The second-order valence-corrected chi connectivity index (χ2v) is 12.4. The van der Waals surface area contributed by atoms with E-state index in [1.165, 1.54) is 19.3 Å². The average Bonchev–Trinajstić information content (AvgIpc) is 3.62. The Morgan fingerprint density at radius 3 is 2.52 bits per heavy atom. The minimum Gasteiger partial charge on any atom is -0.461 e. The van der Waals surface area contributed by atoms with Crippen LogP contribution in [0.3, 0.4) is 0 Å². The van der Waals surface area contributed by atoms with Crippen molar-refractivity contribution in [2.75, 3.05) is 19.8 Å². The van der Waals surface area contributed by atoms with Gasteiger partial charge in [0.25, 0.3) is 0 Å². The molecule has 3 fully saturated rings. The number of likely N-dealkylation sites (tertiary alicyclic amines) is 1. The first-order chi connectivity index (χ1) is 19.4. The smallest absolute Gasteiger partial charge is 0.354 e. The number of hydrogen-bond acceptors (Lipinski definition) is 5. The van der Waals surface area contributed by atoms with Crippen molar-refractivity contribution in [3.05, 3.63) is 29.6 Å². The third kappa shape index (κ3) is 6.10. The van der Waals surface area contributed by atoms with Crippen molar-refractivity contribution in [1.29, 1.82) is 0 Å². The number of ether oxygens (including phenoxy) is 1. The second-order valence-electron chi connectivity index (χ2n) is 12.4. The molecule has 2 aromatic rings. The number of Topliss-reactive ketones (excluding diaryl/α,β-unsaturated/α-hetero) is 1. The molecule has 40 heavy (non-hydrogen) atoms. The predicted octanol–water partition coefficient (Wildman–Crippen LogP) is 6.06. The van der Waals surface area contributed by atoms with Crippen molar-refractivity contribution in [3.63, 3.8) is 0 Å². The highest BCUT2D eigenvalue weighted by atomic mass is 19.1. The van der Waals surface area contributed by atoms with E-state index in [0.29, 0.717) is 41.9 Å². The summed E-state index contributed by atoms with van der Waals surface area (Å²) in [6, 6.07) is 4.94. The molecule has 218 valence electrons. The van der Waals surface area contributed by atoms with Gasteiger partial charge in [0.1, 0.15) is 5.69 Å². The van der Waals surface area contributed by atoms with Gasteiger partial charge in [0.2, 0.25) is 5.91 Å². The van der Waals surface area contributed by atoms with Gasteiger partial charge in [-0.1, -0.05) is 39.0 Å². The van der Waals surface area contributed by atoms with E-state index in [9.17, 15) is 18.8 Å². The molecule has 3 aliphatic rings. The molecule has 2 aromatic heterocycles. The van der Waals surface area contributed by atoms with Crippen LogP contribution < -0.4 is 0 Å². The quantitative estimate of drug-likeness (QED) is 0.381. The van der Waals surface area contributed by atoms with Gasteiger partial charge < -0.3 is 14.6 Å². The predicted molar refractivity (Wildman–Crippen MR) is 152 cm³/mol. The van der Waals surface area contributed by atoms with Gasteiger partial charge >= 0.3 is 5.97 Å². The maximum absolute atomic E-state index is 14.0. The molecular weight excluding hydrogens is 509 g/mol. The number of amides is 1. The van der Waals surface area contributed by atoms with Crippen LogP contribution in [0.1, 0.15) is 94.2 Å². The number of aromatic nitrogens is 2. The van der Waals surface area contributed by atoms with Gasteiger partial charge in [-0.15, -0.1) is 0 Å². The molecule has 3 atom stereocenters. The molecule has 8 heteroatoms. The summed E-state index contributed by atoms with van der Waals surface area (Å²) < 4.78 is 18.3. The topological polar surface area (TPSA) is 92.4 Å². The Balaban J connectivity index is 1.33. The fraction of sp³-hybridized carbons (Fsp3) is 0.688. The molecule has 0 aromatic carbocycles. The Kier molecular flexibility index (Phi) is 9.21. The summed E-state index contributed by atoms with van der Waals surface area (Å²) in [5.74, 6) is 0.760. The molecule has 5 rings (SSSR count). The Bertz CT molecular complexity index is 1200. The summed E-state index contributed by atoms with van der Waals surface area (Å²) in [5, 5.41) is 0. The summed E-state index contributed by atoms with van der Waals surface area (Å²) in [7, 11) is 0. The zero-order valence-electron chi connectivity index (χ0n) is 24.0. The van der Waals surface area contributed by atoms with Crippen molar-refractivity contribution < 1.29 is 23.5 Å². The third-order valence-electron chi connectivity index (χ3n) is 9.87. The van der Waals surface area contributed by atoms with E-state index in [0.717, 1.165) is 50.5 Å². The molecule has 2 saturated carbocycles. The molecular formula is C32H44FN3O4. The number of nitrogens with zero attached hydrogens (tertiary/aromatic N) is 2. The standard InChI is InChI=1S/C32H44FN3O4/c1-3-40-32(39)28-18-27-26(35-28)14-13-24(34-27)17-29(37)30-25(22-7-5-4-6-8-22)15-16-36(30)31(38)23-11-9-21(10-12-23)20(2)19-33/h13-14,18,20-23,25,30,35H,3-12,15-17,19H2,1-2H3/t20-,21?,23?,25+,30+/m1/s1. The highest BCUT2D eigenvalue weighted by molar-refractivity contribution is 5.94. The lowest BCUT2D eigenvalue weighted by atomic mass is 9.74. The van der Waals surface area contributed by atoms with Crippen LogP contribution in [-0.2, 0) is 20.7 Å². The lowest BCUT2D eigenvalue weighted by Gasteiger charge is -2.37. The van der Waals surface area contributed by atoms with Crippen LogP contribution in [0.15, 0.2) is 18.2 Å². The average molecular weight is 554 g/mol. The lowest BCUT2D eigenvalue weighted by molar-refractivity contribution is -0.143. The van der Waals surface area contributed by atoms with E-state index in [-0.39, 0.29) is 42.5 Å². The van der Waals surface area contributed by atoms with Crippen LogP contribution in [0, 0.1) is 29.6 Å². The number of aromatic amines is 1. The van der Waals surface area contributed by atoms with E-state index in [4.69, 9.17) is 4.74 Å². The molecule has 0 spiro atoms. The van der Waals surface area contributed by atoms with Crippen LogP contribution in [0.25, 0.3) is 11.0 Å². The Morgan fingerprint density at radius 2 is 1.82 bits per heavy atom. The normalized spacial score (nSPS) is 26.6. The largest absolute Gasteiger partial charge is 0.461 e. The van der Waals surface area contributed by atoms with Crippen molar-refractivity contribution in [1.82, 2.24) is 14.9 Å². The van der Waals surface area contributed by atoms with E-state index in [1.807, 2.05) is 24.0 Å². The van der Waals surface area contributed by atoms with Gasteiger partial charge in [0.05, 0.1) is 36.8 Å². The van der Waals surface area contributed by atoms with Gasteiger partial charge in [-0.2, -0.15) is 0 Å². The summed E-state index contributed by atoms with van der Waals surface area (Å²) in [5.41, 5.74) is 2.33. The highest BCUT2D eigenvalue weighted by Gasteiger charge is 2.46. The maximum Gasteiger partial charge on any atom is 0.354 e.